The number of likely N-dealkylation sites (tertiary alicyclic amines) is 1. The number of aliphatic imine (C=N–C) groups is 1. The van der Waals surface area contributed by atoms with E-state index in [9.17, 15) is 0 Å². The third-order valence-electron chi connectivity index (χ3n) is 5.35. The first kappa shape index (κ1) is 19.1. The zero-order valence-electron chi connectivity index (χ0n) is 16.7. The lowest BCUT2D eigenvalue weighted by Crippen LogP contribution is -2.44. The Bertz CT molecular complexity index is 599. The molecule has 3 rings (SSSR count). The van der Waals surface area contributed by atoms with Gasteiger partial charge in [-0.1, -0.05) is 38.8 Å². The minimum absolute atomic E-state index is 0.127. The van der Waals surface area contributed by atoms with Crippen molar-refractivity contribution in [2.24, 2.45) is 10.9 Å². The molecule has 1 unspecified atom stereocenters. The molecule has 0 amide bonds. The average molecular weight is 363 g/mol. The highest BCUT2D eigenvalue weighted by molar-refractivity contribution is 5.79. The second-order valence-corrected chi connectivity index (χ2v) is 8.73. The first-order valence-corrected chi connectivity index (χ1v) is 9.96. The molecule has 2 heterocycles. The molecule has 1 aromatic rings. The van der Waals surface area contributed by atoms with Gasteiger partial charge in [-0.25, -0.2) is 0 Å². The van der Waals surface area contributed by atoms with Crippen molar-refractivity contribution in [1.29, 1.82) is 0 Å². The second-order valence-electron chi connectivity index (χ2n) is 8.73. The summed E-state index contributed by atoms with van der Waals surface area (Å²) >= 11 is 0. The number of hydrogen-bond donors (Lipinski definition) is 2. The molecule has 0 radical (unpaired) electrons. The van der Waals surface area contributed by atoms with Crippen LogP contribution >= 0.6 is 0 Å². The van der Waals surface area contributed by atoms with Crippen LogP contribution in [0, 0.1) is 5.92 Å². The Morgan fingerprint density at radius 1 is 1.27 bits per heavy atom. The zero-order chi connectivity index (χ0) is 18.6. The lowest BCUT2D eigenvalue weighted by molar-refractivity contribution is 0.275. The highest BCUT2D eigenvalue weighted by Crippen LogP contribution is 2.26. The van der Waals surface area contributed by atoms with Gasteiger partial charge in [0.2, 0.25) is 5.89 Å². The zero-order valence-corrected chi connectivity index (χ0v) is 16.7. The fourth-order valence-corrected chi connectivity index (χ4v) is 3.86. The van der Waals surface area contributed by atoms with Crippen LogP contribution in [0.3, 0.4) is 0 Å². The molecule has 2 fully saturated rings. The highest BCUT2D eigenvalue weighted by atomic mass is 16.5. The van der Waals surface area contributed by atoms with E-state index in [1.54, 1.807) is 7.05 Å². The van der Waals surface area contributed by atoms with Crippen LogP contribution < -0.4 is 10.6 Å². The van der Waals surface area contributed by atoms with Crippen LogP contribution in [-0.2, 0) is 12.0 Å². The Kier molecular flexibility index (Phi) is 6.16. The van der Waals surface area contributed by atoms with Gasteiger partial charge in [0.15, 0.2) is 11.8 Å². The van der Waals surface area contributed by atoms with E-state index < -0.39 is 0 Å². The maximum atomic E-state index is 5.34. The van der Waals surface area contributed by atoms with Crippen molar-refractivity contribution in [3.8, 4) is 0 Å². The standard InChI is InChI=1S/C19H34N6O/c1-19(2,3)17-23-16(24-26-17)11-21-18(20-4)22-15-9-10-25(13-15)12-14-7-5-6-8-14/h14-15H,5-13H2,1-4H3,(H2,20,21,22). The molecule has 0 aromatic carbocycles. The smallest absolute Gasteiger partial charge is 0.232 e. The Morgan fingerprint density at radius 2 is 2.04 bits per heavy atom. The van der Waals surface area contributed by atoms with Crippen LogP contribution in [0.15, 0.2) is 9.52 Å². The molecule has 1 saturated heterocycles. The number of hydrogen-bond acceptors (Lipinski definition) is 5. The van der Waals surface area contributed by atoms with E-state index in [1.807, 2.05) is 0 Å². The molecule has 1 atom stereocenters. The summed E-state index contributed by atoms with van der Waals surface area (Å²) in [7, 11) is 1.80. The van der Waals surface area contributed by atoms with Crippen LogP contribution in [0.1, 0.15) is 64.6 Å². The van der Waals surface area contributed by atoms with Crippen molar-refractivity contribution in [2.75, 3.05) is 26.7 Å². The third-order valence-corrected chi connectivity index (χ3v) is 5.35. The summed E-state index contributed by atoms with van der Waals surface area (Å²) < 4.78 is 5.34. The van der Waals surface area contributed by atoms with E-state index >= 15 is 0 Å². The first-order chi connectivity index (χ1) is 12.4. The fraction of sp³-hybridized carbons (Fsp3) is 0.842. The van der Waals surface area contributed by atoms with Gasteiger partial charge >= 0.3 is 0 Å². The maximum absolute atomic E-state index is 5.34. The lowest BCUT2D eigenvalue weighted by Gasteiger charge is -2.21. The Balaban J connectivity index is 1.42. The van der Waals surface area contributed by atoms with Crippen LogP contribution in [0.5, 0.6) is 0 Å². The molecule has 26 heavy (non-hydrogen) atoms. The van der Waals surface area contributed by atoms with Gasteiger partial charge in [-0.15, -0.1) is 0 Å². The van der Waals surface area contributed by atoms with E-state index in [4.69, 9.17) is 4.52 Å². The Labute approximate surface area is 157 Å². The molecule has 1 aromatic heterocycles. The first-order valence-electron chi connectivity index (χ1n) is 9.96. The van der Waals surface area contributed by atoms with Gasteiger partial charge in [0, 0.05) is 38.1 Å². The van der Waals surface area contributed by atoms with Gasteiger partial charge in [0.25, 0.3) is 0 Å². The minimum Gasteiger partial charge on any atom is -0.352 e. The van der Waals surface area contributed by atoms with E-state index in [2.05, 4.69) is 51.4 Å². The summed E-state index contributed by atoms with van der Waals surface area (Å²) in [5.74, 6) is 3.05. The normalized spacial score (nSPS) is 22.9. The predicted molar refractivity (Wildman–Crippen MR) is 103 cm³/mol. The van der Waals surface area contributed by atoms with Crippen LogP contribution in [0.25, 0.3) is 0 Å². The lowest BCUT2D eigenvalue weighted by atomic mass is 9.97. The molecule has 0 spiro atoms. The van der Waals surface area contributed by atoms with Crippen molar-refractivity contribution in [2.45, 2.75) is 70.9 Å². The Hall–Kier alpha value is -1.63. The molecule has 7 heteroatoms. The fourth-order valence-electron chi connectivity index (χ4n) is 3.86. The van der Waals surface area contributed by atoms with Gasteiger partial charge in [-0.2, -0.15) is 4.98 Å². The highest BCUT2D eigenvalue weighted by Gasteiger charge is 2.26. The SMILES string of the molecule is CN=C(NCc1noc(C(C)(C)C)n1)NC1CCN(CC2CCCC2)C1. The number of aromatic nitrogens is 2. The van der Waals surface area contributed by atoms with Gasteiger partial charge in [-0.05, 0) is 25.2 Å². The topological polar surface area (TPSA) is 78.6 Å². The number of nitrogens with zero attached hydrogens (tertiary/aromatic N) is 4. The van der Waals surface area contributed by atoms with Crippen molar-refractivity contribution >= 4 is 5.96 Å². The number of rotatable bonds is 5. The van der Waals surface area contributed by atoms with E-state index in [1.165, 1.54) is 45.2 Å². The van der Waals surface area contributed by atoms with E-state index in [0.717, 1.165) is 18.4 Å². The van der Waals surface area contributed by atoms with Crippen molar-refractivity contribution in [3.63, 3.8) is 0 Å². The molecule has 0 bridgehead atoms. The molecule has 146 valence electrons. The van der Waals surface area contributed by atoms with Gasteiger partial charge < -0.3 is 20.1 Å². The van der Waals surface area contributed by atoms with E-state index in [0.29, 0.717) is 24.3 Å². The van der Waals surface area contributed by atoms with Gasteiger partial charge in [0.05, 0.1) is 6.54 Å². The third kappa shape index (κ3) is 5.19. The molecular formula is C19H34N6O. The van der Waals surface area contributed by atoms with Crippen LogP contribution in [-0.4, -0.2) is 53.7 Å². The maximum Gasteiger partial charge on any atom is 0.232 e. The molecule has 1 aliphatic carbocycles. The molecule has 2 N–H and O–H groups in total. The summed E-state index contributed by atoms with van der Waals surface area (Å²) in [6.07, 6.45) is 6.84. The average Bonchev–Trinajstić information content (AvgIpc) is 3.33. The molecule has 1 saturated carbocycles. The monoisotopic (exact) mass is 362 g/mol. The molecule has 2 aliphatic rings. The van der Waals surface area contributed by atoms with Crippen LogP contribution in [0.2, 0.25) is 0 Å². The van der Waals surface area contributed by atoms with Gasteiger partial charge in [0.1, 0.15) is 0 Å². The summed E-state index contributed by atoms with van der Waals surface area (Å²) in [5.41, 5.74) is -0.127. The van der Waals surface area contributed by atoms with E-state index in [-0.39, 0.29) is 5.41 Å². The predicted octanol–water partition coefficient (Wildman–Crippen LogP) is 2.30. The second kappa shape index (κ2) is 8.37. The van der Waals surface area contributed by atoms with Crippen molar-refractivity contribution < 1.29 is 4.52 Å². The summed E-state index contributed by atoms with van der Waals surface area (Å²) in [4.78, 5) is 11.4. The summed E-state index contributed by atoms with van der Waals surface area (Å²) in [5, 5.41) is 10.9. The largest absolute Gasteiger partial charge is 0.352 e. The molecule has 1 aliphatic heterocycles. The van der Waals surface area contributed by atoms with Crippen molar-refractivity contribution in [3.05, 3.63) is 11.7 Å². The number of guanidine groups is 1. The Morgan fingerprint density at radius 3 is 2.69 bits per heavy atom. The van der Waals surface area contributed by atoms with Crippen molar-refractivity contribution in [1.82, 2.24) is 25.7 Å². The van der Waals surface area contributed by atoms with Gasteiger partial charge in [-0.3, -0.25) is 4.99 Å². The quantitative estimate of drug-likeness (QED) is 0.618. The number of nitrogens with one attached hydrogen (secondary N) is 2. The molecule has 7 nitrogen and oxygen atoms in total. The summed E-state index contributed by atoms with van der Waals surface area (Å²) in [6.45, 7) is 10.3. The minimum atomic E-state index is -0.127. The molecular weight excluding hydrogens is 328 g/mol. The van der Waals surface area contributed by atoms with Crippen LogP contribution in [0.4, 0.5) is 0 Å². The summed E-state index contributed by atoms with van der Waals surface area (Å²) in [6, 6.07) is 0.456.